The van der Waals surface area contributed by atoms with Gasteiger partial charge in [0.25, 0.3) is 5.91 Å². The second kappa shape index (κ2) is 9.41. The Morgan fingerprint density at radius 3 is 2.40 bits per heavy atom. The van der Waals surface area contributed by atoms with Crippen LogP contribution in [0.3, 0.4) is 0 Å². The van der Waals surface area contributed by atoms with Crippen LogP contribution in [0.15, 0.2) is 85.1 Å². The number of carbonyl (C=O) groups excluding carboxylic acids is 2. The minimum atomic E-state index is -0.501. The van der Waals surface area contributed by atoms with Gasteiger partial charge in [-0.25, -0.2) is 0 Å². The summed E-state index contributed by atoms with van der Waals surface area (Å²) in [6, 6.07) is 25.6. The first kappa shape index (κ1) is 22.9. The molecule has 3 unspecified atom stereocenters. The molecule has 5 rings (SSSR count). The molecule has 1 aromatic heterocycles. The Balaban J connectivity index is 1.50. The molecule has 5 heteroatoms. The van der Waals surface area contributed by atoms with Gasteiger partial charge in [0.1, 0.15) is 0 Å². The highest BCUT2D eigenvalue weighted by atomic mass is 16.2. The Bertz CT molecular complexity index is 1370. The van der Waals surface area contributed by atoms with Crippen LogP contribution in [0, 0.1) is 0 Å². The van der Waals surface area contributed by atoms with Gasteiger partial charge < -0.3 is 14.8 Å². The topological polar surface area (TPSA) is 54.3 Å². The van der Waals surface area contributed by atoms with Gasteiger partial charge in [0.2, 0.25) is 5.91 Å². The summed E-state index contributed by atoms with van der Waals surface area (Å²) in [7, 11) is 3.81. The molecule has 2 amide bonds. The third kappa shape index (κ3) is 4.23. The Labute approximate surface area is 206 Å². The van der Waals surface area contributed by atoms with Crippen LogP contribution in [-0.4, -0.2) is 34.4 Å². The van der Waals surface area contributed by atoms with Crippen molar-refractivity contribution in [2.75, 3.05) is 7.05 Å². The van der Waals surface area contributed by atoms with Crippen LogP contribution in [0.1, 0.15) is 52.4 Å². The van der Waals surface area contributed by atoms with Gasteiger partial charge in [0.15, 0.2) is 0 Å². The molecule has 5 nitrogen and oxygen atoms in total. The third-order valence-electron chi connectivity index (χ3n) is 7.21. The first-order valence-electron chi connectivity index (χ1n) is 12.2. The van der Waals surface area contributed by atoms with Crippen molar-refractivity contribution in [2.24, 2.45) is 7.05 Å². The lowest BCUT2D eigenvalue weighted by molar-refractivity contribution is -0.124. The zero-order valence-electron chi connectivity index (χ0n) is 20.4. The fourth-order valence-electron chi connectivity index (χ4n) is 5.39. The lowest BCUT2D eigenvalue weighted by Crippen LogP contribution is -2.47. The number of carbonyl (C=O) groups is 2. The summed E-state index contributed by atoms with van der Waals surface area (Å²) in [4.78, 5) is 29.0. The normalized spacial score (nSPS) is 18.4. The molecule has 4 aromatic rings. The first-order valence-corrected chi connectivity index (χ1v) is 12.2. The van der Waals surface area contributed by atoms with E-state index in [0.717, 1.165) is 34.9 Å². The molecule has 3 atom stereocenters. The highest BCUT2D eigenvalue weighted by Gasteiger charge is 2.43. The summed E-state index contributed by atoms with van der Waals surface area (Å²) in [6.07, 6.45) is 3.80. The third-order valence-corrected chi connectivity index (χ3v) is 7.21. The summed E-state index contributed by atoms with van der Waals surface area (Å²) in [6.45, 7) is 2.05. The predicted molar refractivity (Wildman–Crippen MR) is 139 cm³/mol. The van der Waals surface area contributed by atoms with Crippen molar-refractivity contribution in [2.45, 2.75) is 37.8 Å². The van der Waals surface area contributed by atoms with Gasteiger partial charge in [-0.2, -0.15) is 0 Å². The maximum Gasteiger partial charge on any atom is 0.254 e. The lowest BCUT2D eigenvalue weighted by atomic mass is 9.79. The van der Waals surface area contributed by atoms with Gasteiger partial charge >= 0.3 is 0 Å². The fraction of sp³-hybridized carbons (Fsp3) is 0.267. The van der Waals surface area contributed by atoms with Crippen LogP contribution >= 0.6 is 0 Å². The highest BCUT2D eigenvalue weighted by molar-refractivity contribution is 6.02. The zero-order valence-corrected chi connectivity index (χ0v) is 20.4. The Hall–Kier alpha value is -3.86. The molecule has 35 heavy (non-hydrogen) atoms. The van der Waals surface area contributed by atoms with Crippen LogP contribution in [-0.2, 0) is 18.3 Å². The number of aryl methyl sites for hydroxylation is 2. The van der Waals surface area contributed by atoms with Crippen LogP contribution < -0.4 is 5.32 Å². The molecule has 1 aliphatic heterocycles. The van der Waals surface area contributed by atoms with Crippen molar-refractivity contribution in [1.82, 2.24) is 14.8 Å². The summed E-state index contributed by atoms with van der Waals surface area (Å²) < 4.78 is 2.07. The molecule has 1 aliphatic rings. The molecular weight excluding hydrogens is 434 g/mol. The summed E-state index contributed by atoms with van der Waals surface area (Å²) >= 11 is 0. The first-order chi connectivity index (χ1) is 17.0. The summed E-state index contributed by atoms with van der Waals surface area (Å²) in [5.41, 5.74) is 4.73. The van der Waals surface area contributed by atoms with Crippen molar-refractivity contribution >= 4 is 22.7 Å². The molecule has 0 saturated heterocycles. The van der Waals surface area contributed by atoms with E-state index in [4.69, 9.17) is 0 Å². The molecule has 2 heterocycles. The van der Waals surface area contributed by atoms with Crippen LogP contribution in [0.2, 0.25) is 0 Å². The molecule has 0 spiro atoms. The van der Waals surface area contributed by atoms with Gasteiger partial charge in [-0.15, -0.1) is 0 Å². The minimum Gasteiger partial charge on any atom is -0.353 e. The summed E-state index contributed by atoms with van der Waals surface area (Å²) in [5.74, 6) is -0.603. The van der Waals surface area contributed by atoms with Gasteiger partial charge in [-0.05, 0) is 43.0 Å². The Morgan fingerprint density at radius 2 is 1.60 bits per heavy atom. The lowest BCUT2D eigenvalue weighted by Gasteiger charge is -2.40. The van der Waals surface area contributed by atoms with Crippen molar-refractivity contribution in [3.05, 3.63) is 107 Å². The number of amides is 2. The quantitative estimate of drug-likeness (QED) is 0.424. The molecular formula is C30H31N3O2. The number of nitrogens with one attached hydrogen (secondary N) is 1. The number of aromatic nitrogens is 1. The average Bonchev–Trinajstić information content (AvgIpc) is 3.21. The van der Waals surface area contributed by atoms with Crippen molar-refractivity contribution in [3.8, 4) is 0 Å². The smallest absolute Gasteiger partial charge is 0.254 e. The molecule has 3 aromatic carbocycles. The SMILES string of the molecule is CC(CCc1ccccc1)NC(=O)C1c2ccccc2C(=O)N(C)C1c1cn(C)c2ccccc12. The van der Waals surface area contributed by atoms with Gasteiger partial charge in [-0.3, -0.25) is 9.59 Å². The van der Waals surface area contributed by atoms with Crippen molar-refractivity contribution in [1.29, 1.82) is 0 Å². The number of para-hydroxylation sites is 1. The number of hydrogen-bond donors (Lipinski definition) is 1. The maximum atomic E-state index is 13.9. The fourth-order valence-corrected chi connectivity index (χ4v) is 5.39. The standard InChI is InChI=1S/C30H31N3O2/c1-20(17-18-21-11-5-4-6-12-21)31-29(34)27-23-14-7-8-15-24(23)30(35)33(3)28(27)25-19-32(2)26-16-10-9-13-22(25)26/h4-16,19-20,27-28H,17-18H2,1-3H3,(H,31,34). The summed E-state index contributed by atoms with van der Waals surface area (Å²) in [5, 5.41) is 4.33. The monoisotopic (exact) mass is 465 g/mol. The van der Waals surface area contributed by atoms with Gasteiger partial charge in [-0.1, -0.05) is 66.7 Å². The molecule has 0 fully saturated rings. The van der Waals surface area contributed by atoms with E-state index in [1.165, 1.54) is 5.56 Å². The number of nitrogens with zero attached hydrogens (tertiary/aromatic N) is 2. The van der Waals surface area contributed by atoms with E-state index in [2.05, 4.69) is 47.3 Å². The van der Waals surface area contributed by atoms with E-state index >= 15 is 0 Å². The van der Waals surface area contributed by atoms with E-state index in [1.807, 2.05) is 68.7 Å². The predicted octanol–water partition coefficient (Wildman–Crippen LogP) is 5.23. The minimum absolute atomic E-state index is 0.00553. The average molecular weight is 466 g/mol. The molecule has 0 radical (unpaired) electrons. The molecule has 0 bridgehead atoms. The van der Waals surface area contributed by atoms with Crippen LogP contribution in [0.5, 0.6) is 0 Å². The number of rotatable bonds is 6. The van der Waals surface area contributed by atoms with Gasteiger partial charge in [0, 0.05) is 48.4 Å². The van der Waals surface area contributed by atoms with E-state index in [-0.39, 0.29) is 17.9 Å². The largest absolute Gasteiger partial charge is 0.353 e. The Kier molecular flexibility index (Phi) is 6.16. The second-order valence-electron chi connectivity index (χ2n) is 9.57. The second-order valence-corrected chi connectivity index (χ2v) is 9.57. The number of hydrogen-bond acceptors (Lipinski definition) is 2. The van der Waals surface area contributed by atoms with Gasteiger partial charge in [0.05, 0.1) is 12.0 Å². The molecule has 0 saturated carbocycles. The number of benzene rings is 3. The van der Waals surface area contributed by atoms with Crippen LogP contribution in [0.4, 0.5) is 0 Å². The van der Waals surface area contributed by atoms with E-state index in [0.29, 0.717) is 5.56 Å². The van der Waals surface area contributed by atoms with Crippen molar-refractivity contribution in [3.63, 3.8) is 0 Å². The molecule has 0 aliphatic carbocycles. The molecule has 1 N–H and O–H groups in total. The molecule has 178 valence electrons. The maximum absolute atomic E-state index is 13.9. The number of likely N-dealkylation sites (N-methyl/N-ethyl adjacent to an activating group) is 1. The van der Waals surface area contributed by atoms with Crippen LogP contribution in [0.25, 0.3) is 10.9 Å². The van der Waals surface area contributed by atoms with E-state index in [9.17, 15) is 9.59 Å². The number of fused-ring (bicyclic) bond motifs is 2. The van der Waals surface area contributed by atoms with E-state index in [1.54, 1.807) is 4.90 Å². The van der Waals surface area contributed by atoms with Crippen molar-refractivity contribution < 1.29 is 9.59 Å². The highest BCUT2D eigenvalue weighted by Crippen LogP contribution is 2.44. The zero-order chi connectivity index (χ0) is 24.5. The Morgan fingerprint density at radius 1 is 0.914 bits per heavy atom. The van der Waals surface area contributed by atoms with E-state index < -0.39 is 12.0 Å².